The van der Waals surface area contributed by atoms with Crippen LogP contribution in [0.4, 0.5) is 0 Å². The summed E-state index contributed by atoms with van der Waals surface area (Å²) in [5, 5.41) is 2.79. The van der Waals surface area contributed by atoms with Gasteiger partial charge in [-0.3, -0.25) is 14.4 Å². The molecule has 2 atom stereocenters. The van der Waals surface area contributed by atoms with E-state index in [4.69, 9.17) is 9.47 Å². The van der Waals surface area contributed by atoms with Gasteiger partial charge in [-0.05, 0) is 30.5 Å². The largest absolute Gasteiger partial charge is 0.492 e. The molecule has 6 nitrogen and oxygen atoms in total. The first-order chi connectivity index (χ1) is 13.4. The molecule has 1 aliphatic heterocycles. The standard InChI is InChI=1S/C22H23NO5/c1-14(23-15(2)24)16-7-9-17(10-8-16)20(25)13-28-22(26)19-11-18-5-3-4-6-21(18)27-12-19/h3-10,14,19H,11-13H2,1-2H3,(H,23,24)/t14-,19+/m0/s1. The second-order valence-corrected chi connectivity index (χ2v) is 6.89. The van der Waals surface area contributed by atoms with Gasteiger partial charge in [0.15, 0.2) is 12.4 Å². The van der Waals surface area contributed by atoms with Crippen molar-refractivity contribution in [2.45, 2.75) is 26.3 Å². The van der Waals surface area contributed by atoms with Crippen molar-refractivity contribution in [3.63, 3.8) is 0 Å². The fraction of sp³-hybridized carbons (Fsp3) is 0.318. The molecule has 146 valence electrons. The Hall–Kier alpha value is -3.15. The van der Waals surface area contributed by atoms with Gasteiger partial charge in [0.25, 0.3) is 0 Å². The molecule has 0 aliphatic carbocycles. The van der Waals surface area contributed by atoms with Crippen molar-refractivity contribution in [2.75, 3.05) is 13.2 Å². The van der Waals surface area contributed by atoms with Gasteiger partial charge in [0.2, 0.25) is 5.91 Å². The van der Waals surface area contributed by atoms with E-state index in [9.17, 15) is 14.4 Å². The molecule has 3 rings (SSSR count). The van der Waals surface area contributed by atoms with Crippen LogP contribution in [-0.4, -0.2) is 30.9 Å². The summed E-state index contributed by atoms with van der Waals surface area (Å²) in [6, 6.07) is 14.3. The van der Waals surface area contributed by atoms with Crippen LogP contribution in [0.25, 0.3) is 0 Å². The topological polar surface area (TPSA) is 81.7 Å². The quantitative estimate of drug-likeness (QED) is 0.615. The smallest absolute Gasteiger partial charge is 0.313 e. The highest BCUT2D eigenvalue weighted by atomic mass is 16.5. The molecule has 2 aromatic carbocycles. The molecule has 0 spiro atoms. The van der Waals surface area contributed by atoms with Gasteiger partial charge in [0.1, 0.15) is 12.4 Å². The van der Waals surface area contributed by atoms with Crippen molar-refractivity contribution in [1.29, 1.82) is 0 Å². The lowest BCUT2D eigenvalue weighted by Crippen LogP contribution is -2.31. The van der Waals surface area contributed by atoms with Gasteiger partial charge >= 0.3 is 5.97 Å². The van der Waals surface area contributed by atoms with Crippen LogP contribution in [0, 0.1) is 5.92 Å². The van der Waals surface area contributed by atoms with Gasteiger partial charge < -0.3 is 14.8 Å². The van der Waals surface area contributed by atoms with E-state index in [1.54, 1.807) is 24.3 Å². The van der Waals surface area contributed by atoms with E-state index in [0.29, 0.717) is 12.0 Å². The molecule has 0 saturated carbocycles. The van der Waals surface area contributed by atoms with Crippen LogP contribution in [0.5, 0.6) is 5.75 Å². The Balaban J connectivity index is 1.52. The molecular formula is C22H23NO5. The number of carbonyl (C=O) groups is 3. The van der Waals surface area contributed by atoms with Crippen LogP contribution in [0.15, 0.2) is 48.5 Å². The fourth-order valence-corrected chi connectivity index (χ4v) is 3.16. The second-order valence-electron chi connectivity index (χ2n) is 6.89. The SMILES string of the molecule is CC(=O)N[C@@H](C)c1ccc(C(=O)COC(=O)[C@H]2COc3ccccc3C2)cc1. The Kier molecular flexibility index (Phi) is 6.09. The summed E-state index contributed by atoms with van der Waals surface area (Å²) in [5.41, 5.74) is 2.31. The number of ketones is 1. The van der Waals surface area contributed by atoms with E-state index in [0.717, 1.165) is 16.9 Å². The minimum Gasteiger partial charge on any atom is -0.492 e. The maximum Gasteiger partial charge on any atom is 0.313 e. The van der Waals surface area contributed by atoms with Crippen molar-refractivity contribution < 1.29 is 23.9 Å². The third-order valence-electron chi connectivity index (χ3n) is 4.71. The highest BCUT2D eigenvalue weighted by Gasteiger charge is 2.27. The number of ether oxygens (including phenoxy) is 2. The summed E-state index contributed by atoms with van der Waals surface area (Å²) in [6.07, 6.45) is 0.541. The van der Waals surface area contributed by atoms with Crippen molar-refractivity contribution in [3.8, 4) is 5.75 Å². The average Bonchev–Trinajstić information content (AvgIpc) is 2.71. The summed E-state index contributed by atoms with van der Waals surface area (Å²) in [6.45, 7) is 3.26. The van der Waals surface area contributed by atoms with E-state index in [-0.39, 0.29) is 30.9 Å². The maximum atomic E-state index is 12.3. The van der Waals surface area contributed by atoms with E-state index in [1.807, 2.05) is 31.2 Å². The van der Waals surface area contributed by atoms with E-state index in [2.05, 4.69) is 5.32 Å². The number of fused-ring (bicyclic) bond motifs is 1. The number of Topliss-reactive ketones (excluding diaryl/α,β-unsaturated/α-hetero) is 1. The predicted octanol–water partition coefficient (Wildman–Crippen LogP) is 2.86. The molecule has 1 aliphatic rings. The predicted molar refractivity (Wildman–Crippen MR) is 103 cm³/mol. The monoisotopic (exact) mass is 381 g/mol. The van der Waals surface area contributed by atoms with Gasteiger partial charge in [-0.25, -0.2) is 0 Å². The Morgan fingerprint density at radius 2 is 1.86 bits per heavy atom. The number of nitrogens with one attached hydrogen (secondary N) is 1. The Bertz CT molecular complexity index is 875. The molecule has 28 heavy (non-hydrogen) atoms. The molecule has 0 unspecified atom stereocenters. The number of hydrogen-bond acceptors (Lipinski definition) is 5. The average molecular weight is 381 g/mol. The number of hydrogen-bond donors (Lipinski definition) is 1. The zero-order chi connectivity index (χ0) is 20.1. The summed E-state index contributed by atoms with van der Waals surface area (Å²) < 4.78 is 10.8. The van der Waals surface area contributed by atoms with Crippen molar-refractivity contribution in [3.05, 3.63) is 65.2 Å². The van der Waals surface area contributed by atoms with Crippen molar-refractivity contribution >= 4 is 17.7 Å². The van der Waals surface area contributed by atoms with Crippen LogP contribution in [0.3, 0.4) is 0 Å². The third-order valence-corrected chi connectivity index (χ3v) is 4.71. The minimum absolute atomic E-state index is 0.117. The molecule has 2 aromatic rings. The molecule has 1 N–H and O–H groups in total. The molecule has 6 heteroatoms. The van der Waals surface area contributed by atoms with Gasteiger partial charge in [-0.1, -0.05) is 42.5 Å². The number of carbonyl (C=O) groups excluding carboxylic acids is 3. The lowest BCUT2D eigenvalue weighted by Gasteiger charge is -2.23. The van der Waals surface area contributed by atoms with E-state index < -0.39 is 11.9 Å². The van der Waals surface area contributed by atoms with Gasteiger partial charge in [0.05, 0.1) is 12.0 Å². The molecular weight excluding hydrogens is 358 g/mol. The van der Waals surface area contributed by atoms with Crippen LogP contribution in [0.1, 0.15) is 41.4 Å². The van der Waals surface area contributed by atoms with Crippen molar-refractivity contribution in [2.24, 2.45) is 5.92 Å². The van der Waals surface area contributed by atoms with Crippen LogP contribution < -0.4 is 10.1 Å². The van der Waals surface area contributed by atoms with Gasteiger partial charge in [-0.2, -0.15) is 0 Å². The van der Waals surface area contributed by atoms with Gasteiger partial charge in [0, 0.05) is 12.5 Å². The zero-order valence-electron chi connectivity index (χ0n) is 15.9. The van der Waals surface area contributed by atoms with Crippen LogP contribution >= 0.6 is 0 Å². The first-order valence-corrected chi connectivity index (χ1v) is 9.21. The Labute approximate surface area is 163 Å². The maximum absolute atomic E-state index is 12.3. The van der Waals surface area contributed by atoms with Crippen molar-refractivity contribution in [1.82, 2.24) is 5.32 Å². The Morgan fingerprint density at radius 3 is 2.57 bits per heavy atom. The highest BCUT2D eigenvalue weighted by molar-refractivity contribution is 5.98. The molecule has 0 radical (unpaired) electrons. The fourth-order valence-electron chi connectivity index (χ4n) is 3.16. The van der Waals surface area contributed by atoms with E-state index >= 15 is 0 Å². The highest BCUT2D eigenvalue weighted by Crippen LogP contribution is 2.27. The number of para-hydroxylation sites is 1. The third kappa shape index (κ3) is 4.76. The first kappa shape index (κ1) is 19.6. The summed E-state index contributed by atoms with van der Waals surface area (Å²) in [5.74, 6) is -0.448. The first-order valence-electron chi connectivity index (χ1n) is 9.21. The summed E-state index contributed by atoms with van der Waals surface area (Å²) in [4.78, 5) is 35.7. The molecule has 0 aromatic heterocycles. The summed E-state index contributed by atoms with van der Waals surface area (Å²) >= 11 is 0. The molecule has 1 amide bonds. The van der Waals surface area contributed by atoms with E-state index in [1.165, 1.54) is 6.92 Å². The normalized spacial score (nSPS) is 16.3. The lowest BCUT2D eigenvalue weighted by molar-refractivity contribution is -0.148. The molecule has 0 saturated heterocycles. The number of benzene rings is 2. The van der Waals surface area contributed by atoms with Crippen LogP contribution in [-0.2, 0) is 20.7 Å². The molecule has 0 bridgehead atoms. The molecule has 0 fully saturated rings. The zero-order valence-corrected chi connectivity index (χ0v) is 15.9. The lowest BCUT2D eigenvalue weighted by atomic mass is 9.97. The van der Waals surface area contributed by atoms with Gasteiger partial charge in [-0.15, -0.1) is 0 Å². The number of esters is 1. The number of amides is 1. The minimum atomic E-state index is -0.432. The molecule has 1 heterocycles. The summed E-state index contributed by atoms with van der Waals surface area (Å²) in [7, 11) is 0. The second kappa shape index (κ2) is 8.69. The Morgan fingerprint density at radius 1 is 1.14 bits per heavy atom. The van der Waals surface area contributed by atoms with Crippen LogP contribution in [0.2, 0.25) is 0 Å². The number of rotatable bonds is 6.